The monoisotopic (exact) mass is 194 g/mol. The molecule has 0 atom stereocenters. The van der Waals surface area contributed by atoms with Gasteiger partial charge < -0.3 is 16.3 Å². The maximum atomic E-state index is 10.0. The summed E-state index contributed by atoms with van der Waals surface area (Å²) in [6.45, 7) is 0.00928. The number of aliphatic hydroxyl groups is 1. The Bertz CT molecular complexity index is 129. The molecule has 0 unspecified atom stereocenters. The Balaban J connectivity index is -0.000000405. The number of hydrogen-bond donors (Lipinski definition) is 3. The van der Waals surface area contributed by atoms with Crippen LogP contribution in [-0.4, -0.2) is 28.1 Å². The van der Waals surface area contributed by atoms with E-state index < -0.39 is 7.82 Å². The van der Waals surface area contributed by atoms with Gasteiger partial charge in [-0.05, 0) is 12.8 Å². The maximum Gasteiger partial charge on any atom is 1.00 e. The molecular weight excluding hydrogens is 182 g/mol. The van der Waals surface area contributed by atoms with Crippen molar-refractivity contribution in [3.8, 4) is 0 Å². The van der Waals surface area contributed by atoms with E-state index in [-0.39, 0.29) is 44.2 Å². The summed E-state index contributed by atoms with van der Waals surface area (Å²) in [5, 5.41) is 8.25. The second-order valence-corrected chi connectivity index (χ2v) is 2.99. The summed E-state index contributed by atoms with van der Waals surface area (Å²) < 4.78 is 14.1. The van der Waals surface area contributed by atoms with Gasteiger partial charge in [0.05, 0.1) is 6.61 Å². The van der Waals surface area contributed by atoms with E-state index in [1.165, 1.54) is 0 Å². The standard InChI is InChI=1S/C4H11O5P.Na.H/c5-3-1-2-4-9-10(6,7)8;;/h5H,1-4H2,(H2,6,7,8);;/q;+1;-1. The molecule has 0 saturated heterocycles. The molecule has 11 heavy (non-hydrogen) atoms. The predicted octanol–water partition coefficient (Wildman–Crippen LogP) is -3.02. The Kier molecular flexibility index (Phi) is 10.2. The molecule has 0 fully saturated rings. The summed E-state index contributed by atoms with van der Waals surface area (Å²) in [7, 11) is -4.29. The van der Waals surface area contributed by atoms with Gasteiger partial charge in [-0.1, -0.05) is 0 Å². The van der Waals surface area contributed by atoms with Crippen LogP contribution >= 0.6 is 7.82 Å². The summed E-state index contributed by atoms with van der Waals surface area (Å²) in [6.07, 6.45) is 0.960. The van der Waals surface area contributed by atoms with E-state index in [9.17, 15) is 4.57 Å². The van der Waals surface area contributed by atoms with Gasteiger partial charge in [0.15, 0.2) is 0 Å². The fourth-order valence-corrected chi connectivity index (χ4v) is 0.764. The van der Waals surface area contributed by atoms with Gasteiger partial charge in [-0.2, -0.15) is 0 Å². The molecule has 0 aromatic rings. The summed E-state index contributed by atoms with van der Waals surface area (Å²) in [5.41, 5.74) is 0. The first-order chi connectivity index (χ1) is 4.56. The van der Waals surface area contributed by atoms with Crippen molar-refractivity contribution in [2.24, 2.45) is 0 Å². The minimum absolute atomic E-state index is 0. The van der Waals surface area contributed by atoms with Gasteiger partial charge in [0.25, 0.3) is 0 Å². The first-order valence-electron chi connectivity index (χ1n) is 2.87. The molecule has 7 heteroatoms. The van der Waals surface area contributed by atoms with Crippen LogP contribution in [0.1, 0.15) is 14.3 Å². The van der Waals surface area contributed by atoms with Crippen molar-refractivity contribution in [2.75, 3.05) is 13.2 Å². The Morgan fingerprint density at radius 2 is 1.91 bits per heavy atom. The number of unbranched alkanes of at least 4 members (excludes halogenated alkanes) is 1. The molecule has 0 aromatic heterocycles. The summed E-state index contributed by atoms with van der Waals surface area (Å²) in [5.74, 6) is 0. The van der Waals surface area contributed by atoms with Gasteiger partial charge in [-0.15, -0.1) is 0 Å². The van der Waals surface area contributed by atoms with Crippen LogP contribution in [0, 0.1) is 0 Å². The first-order valence-corrected chi connectivity index (χ1v) is 4.40. The zero-order valence-corrected chi connectivity index (χ0v) is 9.33. The molecule has 0 bridgehead atoms. The van der Waals surface area contributed by atoms with Crippen LogP contribution < -0.4 is 29.6 Å². The van der Waals surface area contributed by atoms with E-state index in [1.807, 2.05) is 0 Å². The van der Waals surface area contributed by atoms with Crippen LogP contribution in [-0.2, 0) is 9.09 Å². The molecule has 0 radical (unpaired) electrons. The Morgan fingerprint density at radius 1 is 1.36 bits per heavy atom. The summed E-state index contributed by atoms with van der Waals surface area (Å²) in [6, 6.07) is 0. The normalized spacial score (nSPS) is 10.8. The molecule has 0 aromatic carbocycles. The predicted molar refractivity (Wildman–Crippen MR) is 35.4 cm³/mol. The second-order valence-electron chi connectivity index (χ2n) is 1.75. The average Bonchev–Trinajstić information content (AvgIpc) is 1.78. The molecule has 0 spiro atoms. The van der Waals surface area contributed by atoms with Crippen LogP contribution in [0.5, 0.6) is 0 Å². The number of aliphatic hydroxyl groups excluding tert-OH is 1. The van der Waals surface area contributed by atoms with Crippen molar-refractivity contribution in [1.29, 1.82) is 0 Å². The molecule has 0 aliphatic heterocycles. The number of phosphoric acid groups is 1. The molecule has 5 nitrogen and oxygen atoms in total. The maximum absolute atomic E-state index is 10.0. The van der Waals surface area contributed by atoms with Gasteiger partial charge >= 0.3 is 37.4 Å². The van der Waals surface area contributed by atoms with Gasteiger partial charge in [0, 0.05) is 6.61 Å². The topological polar surface area (TPSA) is 87.0 Å². The Hall–Kier alpha value is 1.07. The third-order valence-corrected chi connectivity index (χ3v) is 1.33. The quantitative estimate of drug-likeness (QED) is 0.246. The molecule has 0 amide bonds. The molecule has 0 saturated carbocycles. The van der Waals surface area contributed by atoms with Crippen molar-refractivity contribution in [2.45, 2.75) is 12.8 Å². The summed E-state index contributed by atoms with van der Waals surface area (Å²) >= 11 is 0. The third-order valence-electron chi connectivity index (χ3n) is 0.812. The number of rotatable bonds is 5. The van der Waals surface area contributed by atoms with Gasteiger partial charge in [-0.25, -0.2) is 4.57 Å². The number of phosphoric ester groups is 1. The molecule has 0 aliphatic rings. The molecule has 64 valence electrons. The Labute approximate surface area is 88.8 Å². The Morgan fingerprint density at radius 3 is 2.27 bits per heavy atom. The van der Waals surface area contributed by atoms with Crippen molar-refractivity contribution in [3.05, 3.63) is 0 Å². The number of hydrogen-bond acceptors (Lipinski definition) is 3. The van der Waals surface area contributed by atoms with Crippen LogP contribution in [0.2, 0.25) is 0 Å². The largest absolute Gasteiger partial charge is 1.00 e. The van der Waals surface area contributed by atoms with Crippen LogP contribution in [0.4, 0.5) is 0 Å². The van der Waals surface area contributed by atoms with Crippen molar-refractivity contribution in [3.63, 3.8) is 0 Å². The van der Waals surface area contributed by atoms with Gasteiger partial charge in [0.2, 0.25) is 0 Å². The molecule has 0 rings (SSSR count). The van der Waals surface area contributed by atoms with Crippen LogP contribution in [0.25, 0.3) is 0 Å². The van der Waals surface area contributed by atoms with E-state index in [2.05, 4.69) is 4.52 Å². The smallest absolute Gasteiger partial charge is 1.00 e. The van der Waals surface area contributed by atoms with E-state index in [4.69, 9.17) is 14.9 Å². The molecule has 0 aliphatic carbocycles. The van der Waals surface area contributed by atoms with E-state index in [1.54, 1.807) is 0 Å². The van der Waals surface area contributed by atoms with Gasteiger partial charge in [0.1, 0.15) is 0 Å². The summed E-state index contributed by atoms with van der Waals surface area (Å²) in [4.78, 5) is 16.3. The van der Waals surface area contributed by atoms with E-state index >= 15 is 0 Å². The fraction of sp³-hybridized carbons (Fsp3) is 1.00. The molecule has 0 heterocycles. The van der Waals surface area contributed by atoms with Crippen molar-refractivity contribution < 1.29 is 55.0 Å². The van der Waals surface area contributed by atoms with Crippen LogP contribution in [0.3, 0.4) is 0 Å². The average molecular weight is 194 g/mol. The van der Waals surface area contributed by atoms with Crippen molar-refractivity contribution >= 4 is 7.82 Å². The minimum atomic E-state index is -4.29. The van der Waals surface area contributed by atoms with Crippen molar-refractivity contribution in [1.82, 2.24) is 0 Å². The zero-order chi connectivity index (χ0) is 8.04. The SMILES string of the molecule is O=P(O)(O)OCCCCO.[H-].[Na+]. The van der Waals surface area contributed by atoms with Gasteiger partial charge in [-0.3, -0.25) is 4.52 Å². The van der Waals surface area contributed by atoms with E-state index in [0.29, 0.717) is 12.8 Å². The molecule has 3 N–H and O–H groups in total. The third kappa shape index (κ3) is 14.0. The fourth-order valence-electron chi connectivity index (χ4n) is 0.397. The zero-order valence-electron chi connectivity index (χ0n) is 7.43. The first kappa shape index (κ1) is 14.6. The second kappa shape index (κ2) is 7.71. The molecular formula is C4H12NaO5P. The van der Waals surface area contributed by atoms with Crippen LogP contribution in [0.15, 0.2) is 0 Å². The minimum Gasteiger partial charge on any atom is -1.00 e. The van der Waals surface area contributed by atoms with E-state index in [0.717, 1.165) is 0 Å².